The molecule has 6 rings (SSSR count). The Balaban J connectivity index is 2.07. The van der Waals surface area contributed by atoms with Gasteiger partial charge in [-0.1, -0.05) is 48.5 Å². The molecular weight excluding hydrogens is 306 g/mol. The average molecular weight is 319 g/mol. The maximum atomic E-state index is 4.85. The van der Waals surface area contributed by atoms with E-state index in [1.54, 1.807) is 0 Å². The van der Waals surface area contributed by atoms with Gasteiger partial charge in [0, 0.05) is 33.9 Å². The number of hydrogen-bond donors (Lipinski definition) is 0. The molecule has 0 aliphatic rings. The average Bonchev–Trinajstić information content (AvgIpc) is 3.07. The molecule has 0 fully saturated rings. The lowest BCUT2D eigenvalue weighted by atomic mass is 10.0. The van der Waals surface area contributed by atoms with Crippen LogP contribution in [0.5, 0.6) is 0 Å². The predicted octanol–water partition coefficient (Wildman–Crippen LogP) is 5.34. The minimum Gasteiger partial charge on any atom is -0.292 e. The molecule has 0 radical (unpaired) electrons. The maximum absolute atomic E-state index is 4.85. The summed E-state index contributed by atoms with van der Waals surface area (Å²) in [5, 5.41) is 5.88. The number of rotatable bonds is 0. The molecule has 0 atom stereocenters. The molecule has 0 spiro atoms. The van der Waals surface area contributed by atoms with Crippen molar-refractivity contribution in [1.29, 1.82) is 0 Å². The van der Waals surface area contributed by atoms with Gasteiger partial charge in [0.05, 0.1) is 16.6 Å². The second kappa shape index (κ2) is 4.54. The van der Waals surface area contributed by atoms with Gasteiger partial charge < -0.3 is 0 Å². The highest BCUT2D eigenvalue weighted by molar-refractivity contribution is 6.21. The number of fused-ring (bicyclic) bond motifs is 10. The Morgan fingerprint density at radius 2 is 1.48 bits per heavy atom. The van der Waals surface area contributed by atoms with Crippen molar-refractivity contribution >= 4 is 49.1 Å². The van der Waals surface area contributed by atoms with E-state index in [0.29, 0.717) is 0 Å². The third-order valence-corrected chi connectivity index (χ3v) is 5.02. The topological polar surface area (TPSA) is 30.2 Å². The summed E-state index contributed by atoms with van der Waals surface area (Å²) >= 11 is 0. The van der Waals surface area contributed by atoms with Crippen molar-refractivity contribution in [3.8, 4) is 0 Å². The SMILES string of the molecule is c1ccc2c(c1)cnc1c2c2cccnc2c2cc3ccccc3n21. The van der Waals surface area contributed by atoms with Gasteiger partial charge in [-0.2, -0.15) is 0 Å². The van der Waals surface area contributed by atoms with Gasteiger partial charge >= 0.3 is 0 Å². The number of aromatic nitrogens is 3. The van der Waals surface area contributed by atoms with E-state index in [4.69, 9.17) is 9.97 Å². The van der Waals surface area contributed by atoms with E-state index in [1.165, 1.54) is 10.8 Å². The van der Waals surface area contributed by atoms with E-state index in [0.717, 1.165) is 38.4 Å². The van der Waals surface area contributed by atoms with Crippen molar-refractivity contribution in [2.24, 2.45) is 0 Å². The summed E-state index contributed by atoms with van der Waals surface area (Å²) in [5.74, 6) is 0. The Hall–Kier alpha value is -3.46. The molecule has 4 heterocycles. The smallest absolute Gasteiger partial charge is 0.146 e. The predicted molar refractivity (Wildman–Crippen MR) is 103 cm³/mol. The Labute approximate surface area is 143 Å². The Morgan fingerprint density at radius 3 is 2.44 bits per heavy atom. The van der Waals surface area contributed by atoms with Crippen molar-refractivity contribution in [3.63, 3.8) is 0 Å². The second-order valence-electron chi connectivity index (χ2n) is 6.37. The lowest BCUT2D eigenvalue weighted by Gasteiger charge is -2.11. The van der Waals surface area contributed by atoms with Crippen LogP contribution in [0.25, 0.3) is 49.1 Å². The number of para-hydroxylation sites is 1. The molecule has 0 unspecified atom stereocenters. The molecule has 2 aromatic carbocycles. The van der Waals surface area contributed by atoms with E-state index in [9.17, 15) is 0 Å². The highest BCUT2D eigenvalue weighted by atomic mass is 15.0. The maximum Gasteiger partial charge on any atom is 0.146 e. The number of benzene rings is 2. The van der Waals surface area contributed by atoms with Crippen molar-refractivity contribution in [2.75, 3.05) is 0 Å². The summed E-state index contributed by atoms with van der Waals surface area (Å²) < 4.78 is 2.24. The van der Waals surface area contributed by atoms with Crippen LogP contribution in [0.2, 0.25) is 0 Å². The molecule has 0 aliphatic carbocycles. The molecule has 3 heteroatoms. The molecule has 0 bridgehead atoms. The quantitative estimate of drug-likeness (QED) is 0.354. The largest absolute Gasteiger partial charge is 0.292 e. The molecule has 0 N–H and O–H groups in total. The first-order valence-electron chi connectivity index (χ1n) is 8.36. The van der Waals surface area contributed by atoms with Crippen molar-refractivity contribution in [1.82, 2.24) is 14.4 Å². The van der Waals surface area contributed by atoms with Crippen LogP contribution in [0.1, 0.15) is 0 Å². The van der Waals surface area contributed by atoms with Gasteiger partial charge in [0.25, 0.3) is 0 Å². The Morgan fingerprint density at radius 1 is 0.680 bits per heavy atom. The Kier molecular flexibility index (Phi) is 2.35. The summed E-state index contributed by atoms with van der Waals surface area (Å²) in [4.78, 5) is 9.56. The molecule has 116 valence electrons. The fourth-order valence-corrected chi connectivity index (χ4v) is 3.96. The zero-order chi connectivity index (χ0) is 16.4. The number of hydrogen-bond acceptors (Lipinski definition) is 2. The highest BCUT2D eigenvalue weighted by Gasteiger charge is 2.15. The minimum atomic E-state index is 0.982. The van der Waals surface area contributed by atoms with Crippen molar-refractivity contribution in [3.05, 3.63) is 79.1 Å². The van der Waals surface area contributed by atoms with Crippen LogP contribution >= 0.6 is 0 Å². The summed E-state index contributed by atoms with van der Waals surface area (Å²) in [6, 6.07) is 23.2. The fraction of sp³-hybridized carbons (Fsp3) is 0. The number of pyridine rings is 3. The standard InChI is InChI=1S/C22H13N3/c1-3-8-16-15(7-1)13-24-22-20(16)17-9-5-11-23-21(17)19-12-14-6-2-4-10-18(14)25(19)22/h1-13H. The van der Waals surface area contributed by atoms with Crippen molar-refractivity contribution < 1.29 is 0 Å². The molecule has 0 saturated heterocycles. The van der Waals surface area contributed by atoms with E-state index in [1.807, 2.05) is 18.5 Å². The van der Waals surface area contributed by atoms with E-state index in [-0.39, 0.29) is 0 Å². The van der Waals surface area contributed by atoms with E-state index >= 15 is 0 Å². The van der Waals surface area contributed by atoms with Gasteiger partial charge in [-0.05, 0) is 23.6 Å². The molecule has 4 aromatic heterocycles. The van der Waals surface area contributed by atoms with Crippen LogP contribution in [0.4, 0.5) is 0 Å². The second-order valence-corrected chi connectivity index (χ2v) is 6.37. The zero-order valence-electron chi connectivity index (χ0n) is 13.3. The molecule has 3 nitrogen and oxygen atoms in total. The van der Waals surface area contributed by atoms with Crippen LogP contribution in [0.15, 0.2) is 79.1 Å². The van der Waals surface area contributed by atoms with E-state index in [2.05, 4.69) is 65.1 Å². The van der Waals surface area contributed by atoms with Crippen LogP contribution in [0.3, 0.4) is 0 Å². The summed E-state index contributed by atoms with van der Waals surface area (Å²) in [6.07, 6.45) is 3.83. The molecular formula is C22H13N3. The van der Waals surface area contributed by atoms with Gasteiger partial charge in [-0.15, -0.1) is 0 Å². The van der Waals surface area contributed by atoms with Gasteiger partial charge in [0.15, 0.2) is 0 Å². The van der Waals surface area contributed by atoms with Gasteiger partial charge in [-0.3, -0.25) is 9.38 Å². The summed E-state index contributed by atoms with van der Waals surface area (Å²) in [7, 11) is 0. The molecule has 0 amide bonds. The normalized spacial score (nSPS) is 12.0. The van der Waals surface area contributed by atoms with Crippen molar-refractivity contribution in [2.45, 2.75) is 0 Å². The third kappa shape index (κ3) is 1.59. The fourth-order valence-electron chi connectivity index (χ4n) is 3.96. The number of nitrogens with zero attached hydrogens (tertiary/aromatic N) is 3. The zero-order valence-corrected chi connectivity index (χ0v) is 13.3. The first kappa shape index (κ1) is 12.9. The first-order valence-corrected chi connectivity index (χ1v) is 8.36. The minimum absolute atomic E-state index is 0.982. The van der Waals surface area contributed by atoms with Crippen LogP contribution in [0, 0.1) is 0 Å². The molecule has 0 saturated carbocycles. The highest BCUT2D eigenvalue weighted by Crippen LogP contribution is 2.35. The molecule has 25 heavy (non-hydrogen) atoms. The lowest BCUT2D eigenvalue weighted by molar-refractivity contribution is 1.25. The first-order chi connectivity index (χ1) is 12.4. The van der Waals surface area contributed by atoms with Gasteiger partial charge in [0.1, 0.15) is 5.65 Å². The van der Waals surface area contributed by atoms with Gasteiger partial charge in [0.2, 0.25) is 0 Å². The lowest BCUT2D eigenvalue weighted by Crippen LogP contribution is -1.95. The van der Waals surface area contributed by atoms with Crippen LogP contribution in [-0.4, -0.2) is 14.4 Å². The summed E-state index contributed by atoms with van der Waals surface area (Å²) in [5.41, 5.74) is 4.27. The van der Waals surface area contributed by atoms with Crippen LogP contribution in [-0.2, 0) is 0 Å². The molecule has 6 aromatic rings. The summed E-state index contributed by atoms with van der Waals surface area (Å²) in [6.45, 7) is 0. The van der Waals surface area contributed by atoms with Gasteiger partial charge in [-0.25, -0.2) is 4.98 Å². The molecule has 0 aliphatic heterocycles. The van der Waals surface area contributed by atoms with Crippen LogP contribution < -0.4 is 0 Å². The monoisotopic (exact) mass is 319 g/mol. The van der Waals surface area contributed by atoms with E-state index < -0.39 is 0 Å². The Bertz CT molecular complexity index is 1440. The third-order valence-electron chi connectivity index (χ3n) is 5.02.